The molecule has 1 aliphatic rings. The first-order chi connectivity index (χ1) is 22.7. The van der Waals surface area contributed by atoms with Crippen LogP contribution in [0.15, 0.2) is 76.6 Å². The average molecular weight is 694 g/mol. The maximum Gasteiger partial charge on any atom is 0.301 e. The molecule has 4 aromatic rings. The lowest BCUT2D eigenvalue weighted by Gasteiger charge is -2.24. The van der Waals surface area contributed by atoms with Crippen LogP contribution in [-0.4, -0.2) is 46.8 Å². The summed E-state index contributed by atoms with van der Waals surface area (Å²) in [5, 5.41) is 21.1. The van der Waals surface area contributed by atoms with E-state index in [2.05, 4.69) is 24.0 Å². The second-order valence-corrected chi connectivity index (χ2v) is 13.7. The molecule has 9 nitrogen and oxygen atoms in total. The number of aliphatic hydroxyl groups is 1. The Kier molecular flexibility index (Phi) is 11.4. The summed E-state index contributed by atoms with van der Waals surface area (Å²) < 4.78 is 18.1. The molecule has 0 aliphatic carbocycles. The lowest BCUT2D eigenvalue weighted by atomic mass is 9.95. The Bertz CT molecular complexity index is 1740. The number of benzene rings is 3. The van der Waals surface area contributed by atoms with Gasteiger partial charge in [-0.3, -0.25) is 14.5 Å². The van der Waals surface area contributed by atoms with Crippen LogP contribution >= 0.6 is 34.7 Å². The number of hydrogen-bond acceptors (Lipinski definition) is 10. The number of ketones is 1. The first-order valence-corrected chi connectivity index (χ1v) is 17.5. The van der Waals surface area contributed by atoms with Crippen LogP contribution in [0.3, 0.4) is 0 Å². The van der Waals surface area contributed by atoms with Gasteiger partial charge in [-0.15, -0.1) is 10.2 Å². The van der Waals surface area contributed by atoms with Crippen LogP contribution in [0.2, 0.25) is 5.02 Å². The van der Waals surface area contributed by atoms with Crippen LogP contribution in [-0.2, 0) is 15.3 Å². The van der Waals surface area contributed by atoms with Gasteiger partial charge in [0.15, 0.2) is 15.8 Å². The molecule has 12 heteroatoms. The number of anilines is 1. The molecule has 2 heterocycles. The molecule has 5 rings (SSSR count). The molecule has 47 heavy (non-hydrogen) atoms. The number of halogens is 1. The molecule has 0 spiro atoms. The van der Waals surface area contributed by atoms with Gasteiger partial charge in [0.2, 0.25) is 5.13 Å². The highest BCUT2D eigenvalue weighted by atomic mass is 35.5. The van der Waals surface area contributed by atoms with Crippen LogP contribution < -0.4 is 19.1 Å². The predicted octanol–water partition coefficient (Wildman–Crippen LogP) is 8.33. The molecule has 1 aromatic heterocycles. The van der Waals surface area contributed by atoms with Crippen LogP contribution in [0.1, 0.15) is 56.8 Å². The molecule has 0 saturated carbocycles. The zero-order chi connectivity index (χ0) is 33.5. The molecule has 1 N–H and O–H groups in total. The summed E-state index contributed by atoms with van der Waals surface area (Å²) in [6, 6.07) is 18.5. The van der Waals surface area contributed by atoms with Gasteiger partial charge in [0.1, 0.15) is 11.5 Å². The van der Waals surface area contributed by atoms with E-state index in [-0.39, 0.29) is 16.5 Å². The van der Waals surface area contributed by atoms with E-state index in [0.29, 0.717) is 69.2 Å². The second-order valence-electron chi connectivity index (χ2n) is 11.1. The molecule has 1 fully saturated rings. The number of rotatable bonds is 14. The predicted molar refractivity (Wildman–Crippen MR) is 186 cm³/mol. The first-order valence-electron chi connectivity index (χ1n) is 15.3. The van der Waals surface area contributed by atoms with Crippen molar-refractivity contribution in [3.05, 3.63) is 94.0 Å². The number of carbonyl (C=O) groups is 2. The van der Waals surface area contributed by atoms with Crippen LogP contribution in [0.5, 0.6) is 17.2 Å². The number of hydrogen-bond donors (Lipinski definition) is 1. The van der Waals surface area contributed by atoms with Crippen molar-refractivity contribution < 1.29 is 28.9 Å². The molecular formula is C35H36ClN3O6S2. The van der Waals surface area contributed by atoms with Crippen molar-refractivity contribution in [3.63, 3.8) is 0 Å². The van der Waals surface area contributed by atoms with E-state index in [1.54, 1.807) is 42.5 Å². The third-order valence-electron chi connectivity index (χ3n) is 7.30. The number of aliphatic hydroxyl groups excluding tert-OH is 1. The standard InChI is InChI=1S/C35H36ClN3O6S2/c1-5-43-26-14-9-23(10-15-26)31(40)29-30(24-11-16-27(28(19-24)44-6-2)45-18-17-21(3)4)39(33(42)32(29)41)34-37-38-35(47-34)46-20-22-7-12-25(36)13-8-22/h7-16,19,21,30,40H,5-6,17-18,20H2,1-4H3/b31-29+. The summed E-state index contributed by atoms with van der Waals surface area (Å²) in [4.78, 5) is 28.8. The molecule has 1 unspecified atom stereocenters. The highest BCUT2D eigenvalue weighted by molar-refractivity contribution is 8.00. The Morgan fingerprint density at radius 2 is 1.68 bits per heavy atom. The molecule has 3 aromatic carbocycles. The minimum absolute atomic E-state index is 0.0688. The number of thioether (sulfide) groups is 1. The van der Waals surface area contributed by atoms with Gasteiger partial charge in [0, 0.05) is 16.3 Å². The van der Waals surface area contributed by atoms with E-state index in [9.17, 15) is 14.7 Å². The lowest BCUT2D eigenvalue weighted by Crippen LogP contribution is -2.29. The summed E-state index contributed by atoms with van der Waals surface area (Å²) >= 11 is 8.68. The van der Waals surface area contributed by atoms with Crippen LogP contribution in [0.4, 0.5) is 5.13 Å². The van der Waals surface area contributed by atoms with Crippen molar-refractivity contribution in [1.29, 1.82) is 0 Å². The Labute approximate surface area is 287 Å². The molecule has 1 atom stereocenters. The van der Waals surface area contributed by atoms with Crippen molar-refractivity contribution in [1.82, 2.24) is 10.2 Å². The quantitative estimate of drug-likeness (QED) is 0.0458. The fourth-order valence-electron chi connectivity index (χ4n) is 4.95. The van der Waals surface area contributed by atoms with Crippen molar-refractivity contribution >= 4 is 57.3 Å². The molecule has 1 aliphatic heterocycles. The molecule has 1 saturated heterocycles. The monoisotopic (exact) mass is 693 g/mol. The average Bonchev–Trinajstić information content (AvgIpc) is 3.63. The Morgan fingerprint density at radius 1 is 0.957 bits per heavy atom. The number of ether oxygens (including phenoxy) is 3. The highest BCUT2D eigenvalue weighted by Gasteiger charge is 2.48. The molecule has 246 valence electrons. The SMILES string of the molecule is CCOc1ccc(/C(O)=C2\C(=O)C(=O)N(c3nnc(SCc4ccc(Cl)cc4)s3)C2c2ccc(OCCC(C)C)c(OCC)c2)cc1. The van der Waals surface area contributed by atoms with Crippen molar-refractivity contribution in [2.45, 2.75) is 50.3 Å². The summed E-state index contributed by atoms with van der Waals surface area (Å²) in [5.41, 5.74) is 1.89. The summed E-state index contributed by atoms with van der Waals surface area (Å²) in [6.07, 6.45) is 0.866. The van der Waals surface area contributed by atoms with Crippen molar-refractivity contribution in [2.75, 3.05) is 24.7 Å². The minimum Gasteiger partial charge on any atom is -0.507 e. The highest BCUT2D eigenvalue weighted by Crippen LogP contribution is 2.46. The second kappa shape index (κ2) is 15.7. The van der Waals surface area contributed by atoms with Gasteiger partial charge < -0.3 is 19.3 Å². The summed E-state index contributed by atoms with van der Waals surface area (Å²) in [7, 11) is 0. The van der Waals surface area contributed by atoms with Gasteiger partial charge in [-0.05, 0) is 85.8 Å². The van der Waals surface area contributed by atoms with Crippen molar-refractivity contribution in [3.8, 4) is 17.2 Å². The van der Waals surface area contributed by atoms with Gasteiger partial charge >= 0.3 is 5.91 Å². The molecule has 0 radical (unpaired) electrons. The third-order valence-corrected chi connectivity index (χ3v) is 9.68. The van der Waals surface area contributed by atoms with E-state index in [1.807, 2.05) is 38.1 Å². The van der Waals surface area contributed by atoms with Crippen molar-refractivity contribution in [2.24, 2.45) is 5.92 Å². The van der Waals surface area contributed by atoms with E-state index in [1.165, 1.54) is 28.0 Å². The van der Waals surface area contributed by atoms with Gasteiger partial charge in [-0.1, -0.05) is 66.7 Å². The topological polar surface area (TPSA) is 111 Å². The van der Waals surface area contributed by atoms with E-state index in [0.717, 1.165) is 12.0 Å². The number of carbonyl (C=O) groups excluding carboxylic acids is 2. The normalized spacial score (nSPS) is 15.8. The number of Topliss-reactive ketones (excluding diaryl/α,β-unsaturated/α-hetero) is 1. The maximum atomic E-state index is 13.8. The van der Waals surface area contributed by atoms with Gasteiger partial charge in [0.05, 0.1) is 31.4 Å². The zero-order valence-corrected chi connectivity index (χ0v) is 29.0. The largest absolute Gasteiger partial charge is 0.507 e. The van der Waals surface area contributed by atoms with Gasteiger partial charge in [-0.2, -0.15) is 0 Å². The maximum absolute atomic E-state index is 13.8. The molecule has 1 amide bonds. The van der Waals surface area contributed by atoms with E-state index in [4.69, 9.17) is 25.8 Å². The van der Waals surface area contributed by atoms with E-state index >= 15 is 0 Å². The lowest BCUT2D eigenvalue weighted by molar-refractivity contribution is -0.132. The number of aromatic nitrogens is 2. The first kappa shape index (κ1) is 34.3. The van der Waals surface area contributed by atoms with Crippen LogP contribution in [0, 0.1) is 5.92 Å². The summed E-state index contributed by atoms with van der Waals surface area (Å²) in [6.45, 7) is 9.36. The minimum atomic E-state index is -1.01. The Morgan fingerprint density at radius 3 is 2.36 bits per heavy atom. The zero-order valence-electron chi connectivity index (χ0n) is 26.6. The third kappa shape index (κ3) is 8.09. The number of amides is 1. The van der Waals surface area contributed by atoms with E-state index < -0.39 is 17.7 Å². The molecular weight excluding hydrogens is 658 g/mol. The molecule has 0 bridgehead atoms. The fraction of sp³-hybridized carbons (Fsp3) is 0.314. The van der Waals surface area contributed by atoms with Gasteiger partial charge in [0.25, 0.3) is 5.78 Å². The smallest absolute Gasteiger partial charge is 0.301 e. The fourth-order valence-corrected chi connectivity index (χ4v) is 6.90. The Balaban J connectivity index is 1.55. The summed E-state index contributed by atoms with van der Waals surface area (Å²) in [5.74, 6) is 0.762. The number of nitrogens with zero attached hydrogens (tertiary/aromatic N) is 3. The Hall–Kier alpha value is -4.06. The van der Waals surface area contributed by atoms with Crippen LogP contribution in [0.25, 0.3) is 5.76 Å². The van der Waals surface area contributed by atoms with Gasteiger partial charge in [-0.25, -0.2) is 0 Å².